The first-order valence-electron chi connectivity index (χ1n) is 20.5. The van der Waals surface area contributed by atoms with E-state index in [0.29, 0.717) is 66.6 Å². The Labute approximate surface area is 341 Å². The predicted octanol–water partition coefficient (Wildman–Crippen LogP) is 4.47. The van der Waals surface area contributed by atoms with Crippen LogP contribution in [0, 0.1) is 17.3 Å². The number of rotatable bonds is 7. The maximum Gasteiger partial charge on any atom is 0.408 e. The van der Waals surface area contributed by atoms with Gasteiger partial charge in [0, 0.05) is 11.6 Å². The summed E-state index contributed by atoms with van der Waals surface area (Å²) >= 11 is 0. The monoisotopic (exact) mass is 842 g/mol. The number of nitrogens with one attached hydrogen (secondary N) is 3. The lowest BCUT2D eigenvalue weighted by Crippen LogP contribution is -2.60. The van der Waals surface area contributed by atoms with E-state index in [2.05, 4.69) is 10.6 Å². The molecule has 0 unspecified atom stereocenters. The predicted molar refractivity (Wildman–Crippen MR) is 209 cm³/mol. The van der Waals surface area contributed by atoms with Crippen molar-refractivity contribution in [1.82, 2.24) is 30.2 Å². The number of hydrogen-bond acceptors (Lipinski definition) is 11. The first kappa shape index (κ1) is 41.1. The summed E-state index contributed by atoms with van der Waals surface area (Å²) in [4.78, 5) is 68.0. The third-order valence-corrected chi connectivity index (χ3v) is 15.0. The van der Waals surface area contributed by atoms with E-state index in [0.717, 1.165) is 31.3 Å². The van der Waals surface area contributed by atoms with Crippen LogP contribution in [-0.2, 0) is 35.6 Å². The van der Waals surface area contributed by atoms with E-state index in [1.165, 1.54) is 18.9 Å². The summed E-state index contributed by atoms with van der Waals surface area (Å²) < 4.78 is 73.8. The fourth-order valence-electron chi connectivity index (χ4n) is 8.44. The fraction of sp³-hybridized carbons (Fsp3) is 0.659. The van der Waals surface area contributed by atoms with Crippen LogP contribution in [-0.4, -0.2) is 102 Å². The minimum Gasteiger partial charge on any atom is -0.497 e. The lowest BCUT2D eigenvalue weighted by Gasteiger charge is -2.35. The molecule has 4 aliphatic carbocycles. The Morgan fingerprint density at radius 1 is 1.05 bits per heavy atom. The van der Waals surface area contributed by atoms with Crippen molar-refractivity contribution < 1.29 is 50.6 Å². The van der Waals surface area contributed by atoms with Crippen LogP contribution in [0.15, 0.2) is 29.3 Å². The molecule has 2 bridgehead atoms. The van der Waals surface area contributed by atoms with Crippen molar-refractivity contribution in [1.29, 1.82) is 0 Å². The van der Waals surface area contributed by atoms with Gasteiger partial charge in [0.25, 0.3) is 5.91 Å². The average Bonchev–Trinajstić information content (AvgIpc) is 3.97. The Bertz CT molecular complexity index is 2220. The van der Waals surface area contributed by atoms with Gasteiger partial charge in [0.2, 0.25) is 34.1 Å². The average molecular weight is 843 g/mol. The molecule has 4 amide bonds. The summed E-state index contributed by atoms with van der Waals surface area (Å²) in [5.74, 6) is -3.59. The number of aromatic nitrogens is 2. The molecular weight excluding hydrogens is 791 g/mol. The number of carbonyl (C=O) groups is 4. The zero-order chi connectivity index (χ0) is 42.2. The van der Waals surface area contributed by atoms with Gasteiger partial charge in [-0.15, -0.1) is 0 Å². The van der Waals surface area contributed by atoms with Crippen LogP contribution in [0.4, 0.5) is 13.6 Å². The first-order chi connectivity index (χ1) is 27.8. The molecule has 1 aromatic heterocycles. The van der Waals surface area contributed by atoms with Crippen molar-refractivity contribution in [2.45, 2.75) is 139 Å². The topological polar surface area (TPSA) is 195 Å². The highest BCUT2D eigenvalue weighted by Gasteiger charge is 2.67. The molecule has 59 heavy (non-hydrogen) atoms. The second kappa shape index (κ2) is 14.8. The van der Waals surface area contributed by atoms with E-state index in [4.69, 9.17) is 24.2 Å². The molecule has 8 rings (SSSR count). The first-order valence-corrected chi connectivity index (χ1v) is 22.0. The number of hydrogen-bond donors (Lipinski definition) is 3. The number of halogens is 2. The minimum absolute atomic E-state index is 0.198. The molecule has 7 atom stereocenters. The highest BCUT2D eigenvalue weighted by atomic mass is 32.2. The molecule has 6 aliphatic rings. The number of carbonyl (C=O) groups excluding carboxylic acids is 4. The van der Waals surface area contributed by atoms with Gasteiger partial charge in [-0.1, -0.05) is 39.2 Å². The second-order valence-electron chi connectivity index (χ2n) is 18.4. The smallest absolute Gasteiger partial charge is 0.408 e. The summed E-state index contributed by atoms with van der Waals surface area (Å²) in [6, 6.07) is 2.64. The van der Waals surface area contributed by atoms with E-state index >= 15 is 0 Å². The van der Waals surface area contributed by atoms with Crippen LogP contribution in [0.2, 0.25) is 0 Å². The lowest BCUT2D eigenvalue weighted by atomic mass is 9.85. The number of methoxy groups -OCH3 is 1. The summed E-state index contributed by atoms with van der Waals surface area (Å²) in [5, 5.41) is 5.28. The number of ether oxygens (including phenoxy) is 3. The van der Waals surface area contributed by atoms with E-state index in [1.54, 1.807) is 32.9 Å². The third-order valence-electron chi connectivity index (χ3n) is 12.8. The highest BCUT2D eigenvalue weighted by molar-refractivity contribution is 7.91. The summed E-state index contributed by atoms with van der Waals surface area (Å²) in [7, 11) is -2.71. The maximum absolute atomic E-state index is 14.9. The van der Waals surface area contributed by atoms with Gasteiger partial charge in [-0.25, -0.2) is 32.0 Å². The van der Waals surface area contributed by atoms with Gasteiger partial charge in [-0.05, 0) is 88.2 Å². The van der Waals surface area contributed by atoms with Crippen molar-refractivity contribution in [2.75, 3.05) is 13.7 Å². The number of sulfonamides is 1. The number of nitrogens with zero attached hydrogens (tertiary/aromatic N) is 3. The number of benzene rings is 1. The zero-order valence-corrected chi connectivity index (χ0v) is 34.8. The molecule has 3 heterocycles. The molecule has 320 valence electrons. The molecule has 2 aliphatic heterocycles. The minimum atomic E-state index is -4.25. The van der Waals surface area contributed by atoms with Crippen molar-refractivity contribution in [2.24, 2.45) is 17.3 Å². The van der Waals surface area contributed by atoms with Gasteiger partial charge in [0.05, 0.1) is 35.4 Å². The Morgan fingerprint density at radius 2 is 1.80 bits per heavy atom. The molecule has 1 saturated heterocycles. The number of aryl methyl sites for hydroxylation is 1. The molecule has 4 saturated carbocycles. The number of amides is 4. The molecule has 3 N–H and O–H groups in total. The second-order valence-corrected chi connectivity index (χ2v) is 20.6. The van der Waals surface area contributed by atoms with Crippen molar-refractivity contribution in [3.8, 4) is 11.6 Å². The number of alkyl carbamates (subject to hydrolysis) is 1. The van der Waals surface area contributed by atoms with Crippen LogP contribution in [0.1, 0.15) is 97.6 Å². The van der Waals surface area contributed by atoms with E-state index in [-0.39, 0.29) is 24.4 Å². The molecule has 18 heteroatoms. The van der Waals surface area contributed by atoms with Crippen molar-refractivity contribution >= 4 is 44.9 Å². The molecule has 0 radical (unpaired) electrons. The van der Waals surface area contributed by atoms with Gasteiger partial charge in [0.1, 0.15) is 41.3 Å². The largest absolute Gasteiger partial charge is 0.497 e. The van der Waals surface area contributed by atoms with Gasteiger partial charge in [-0.2, -0.15) is 0 Å². The van der Waals surface area contributed by atoms with E-state index < -0.39 is 86.5 Å². The van der Waals surface area contributed by atoms with E-state index in [9.17, 15) is 36.4 Å². The summed E-state index contributed by atoms with van der Waals surface area (Å²) in [6.45, 7) is 6.51. The Balaban J connectivity index is 1.19. The molecular formula is C41H52F2N6O9S. The molecule has 0 spiro atoms. The van der Waals surface area contributed by atoms with Crippen molar-refractivity contribution in [3.63, 3.8) is 0 Å². The van der Waals surface area contributed by atoms with Crippen LogP contribution in [0.3, 0.4) is 0 Å². The van der Waals surface area contributed by atoms with Crippen LogP contribution in [0.5, 0.6) is 11.6 Å². The molecule has 5 fully saturated rings. The van der Waals surface area contributed by atoms with Gasteiger partial charge < -0.3 is 29.7 Å². The van der Waals surface area contributed by atoms with Crippen LogP contribution in [0.25, 0.3) is 11.0 Å². The standard InChI is InChI=1S/C41H52F2N6O9S/c1-39(2,3)32-36(51)49-20-29(30(21-11-12-21)31(49)34(50)47-41(19-24(41)33(42)43)37(52)48-59(54,55)40(4)15-16-40)57-35-26(44-25-14-13-23(56-5)18-27(25)45-35)10-8-6-7-9-22-17-28(22)58-38(53)46-32/h13-14,18,22,24,28-29,31-33H,6-12,15-17,19-20H2,1-5H3,(H,46,53)(H,47,50)(H,48,52)/t22-,24+,28-,29+,31+,32-,41-/m1/s1. The third kappa shape index (κ3) is 8.04. The zero-order valence-electron chi connectivity index (χ0n) is 33.9. The van der Waals surface area contributed by atoms with Gasteiger partial charge in [-0.3, -0.25) is 19.1 Å². The Morgan fingerprint density at radius 3 is 2.44 bits per heavy atom. The summed E-state index contributed by atoms with van der Waals surface area (Å²) in [5.41, 5.74) is -0.252. The highest BCUT2D eigenvalue weighted by Crippen LogP contribution is 2.50. The SMILES string of the molecule is COc1ccc2nc3c(nc2c1)O[C@H]1CN(C(=O)[C@H](C(C)(C)C)NC(=O)O[C@@H]2C[C@H]2CCCCC3)[C@H](C(=O)N[C@]2(C(=O)NS(=O)(=O)C3(C)CC3)C[C@H]2C(F)F)C1=C1CC1. The van der Waals surface area contributed by atoms with Crippen LogP contribution >= 0.6 is 0 Å². The van der Waals surface area contributed by atoms with E-state index in [1.807, 2.05) is 10.8 Å². The number of allylic oxidation sites excluding steroid dienone is 1. The molecule has 2 aromatic rings. The van der Waals surface area contributed by atoms with Gasteiger partial charge in [0.15, 0.2) is 0 Å². The maximum atomic E-state index is 14.9. The normalized spacial score (nSPS) is 30.5. The Kier molecular flexibility index (Phi) is 10.3. The van der Waals surface area contributed by atoms with Crippen molar-refractivity contribution in [3.05, 3.63) is 35.0 Å². The molecule has 1 aromatic carbocycles. The van der Waals surface area contributed by atoms with Crippen LogP contribution < -0.4 is 24.8 Å². The molecule has 15 nitrogen and oxygen atoms in total. The van der Waals surface area contributed by atoms with Gasteiger partial charge >= 0.3 is 6.09 Å². The fourth-order valence-corrected chi connectivity index (χ4v) is 9.76. The Hall–Kier alpha value is -4.61. The quantitative estimate of drug-likeness (QED) is 0.333. The summed E-state index contributed by atoms with van der Waals surface area (Å²) in [6.07, 6.45) is 0.743. The lowest BCUT2D eigenvalue weighted by molar-refractivity contribution is -0.142. The number of fused-ring (bicyclic) bond motifs is 5. The number of alkyl halides is 2.